The van der Waals surface area contributed by atoms with Gasteiger partial charge in [0.25, 0.3) is 0 Å². The smallest absolute Gasteiger partial charge is 0.244 e. The van der Waals surface area contributed by atoms with Crippen molar-refractivity contribution in [3.8, 4) is 5.75 Å². The number of ether oxygens (including phenoxy) is 1. The van der Waals surface area contributed by atoms with E-state index in [1.54, 1.807) is 6.92 Å². The molecule has 192 valence electrons. The quantitative estimate of drug-likeness (QED) is 0.375. The number of carbonyl (C=O) groups excluding carboxylic acids is 2. The summed E-state index contributed by atoms with van der Waals surface area (Å²) in [5, 5.41) is 3.05. The summed E-state index contributed by atoms with van der Waals surface area (Å²) in [5.41, 5.74) is 1.01. The maximum atomic E-state index is 13.5. The minimum absolute atomic E-state index is 0.127. The summed E-state index contributed by atoms with van der Waals surface area (Å²) in [7, 11) is -2.40. The number of hydrogen-bond acceptors (Lipinski definition) is 5. The first kappa shape index (κ1) is 28.9. The summed E-state index contributed by atoms with van der Waals surface area (Å²) in [4.78, 5) is 27.7. The van der Waals surface area contributed by atoms with Crippen LogP contribution in [0.2, 0.25) is 5.02 Å². The van der Waals surface area contributed by atoms with Gasteiger partial charge < -0.3 is 15.0 Å². The summed E-state index contributed by atoms with van der Waals surface area (Å²) >= 11 is 9.62. The Hall–Kier alpha value is -2.30. The van der Waals surface area contributed by atoms with Gasteiger partial charge in [0.2, 0.25) is 21.8 Å². The van der Waals surface area contributed by atoms with Crippen LogP contribution in [-0.4, -0.2) is 57.6 Å². The highest BCUT2D eigenvalue weighted by Gasteiger charge is 2.30. The van der Waals surface area contributed by atoms with E-state index in [1.165, 1.54) is 30.2 Å². The van der Waals surface area contributed by atoms with E-state index in [4.69, 9.17) is 16.3 Å². The van der Waals surface area contributed by atoms with Crippen LogP contribution < -0.4 is 14.4 Å². The molecule has 2 rings (SSSR count). The van der Waals surface area contributed by atoms with Crippen LogP contribution in [0, 0.1) is 0 Å². The SMILES string of the molecule is CCCCNC(=O)C(C)N(Cc1cccc(Br)c1)C(=O)CN(c1ccc(OC)c(Cl)c1)S(C)(=O)=O. The van der Waals surface area contributed by atoms with Gasteiger partial charge in [0.15, 0.2) is 0 Å². The fourth-order valence-electron chi connectivity index (χ4n) is 3.37. The summed E-state index contributed by atoms with van der Waals surface area (Å²) in [6, 6.07) is 11.0. The van der Waals surface area contributed by atoms with Crippen molar-refractivity contribution in [1.29, 1.82) is 0 Å². The molecule has 0 aromatic heterocycles. The predicted molar refractivity (Wildman–Crippen MR) is 142 cm³/mol. The number of nitrogens with one attached hydrogen (secondary N) is 1. The zero-order valence-corrected chi connectivity index (χ0v) is 23.4. The van der Waals surface area contributed by atoms with Gasteiger partial charge in [0.05, 0.1) is 24.1 Å². The fourth-order valence-corrected chi connectivity index (χ4v) is 4.91. The van der Waals surface area contributed by atoms with E-state index in [-0.39, 0.29) is 23.2 Å². The summed E-state index contributed by atoms with van der Waals surface area (Å²) < 4.78 is 32.2. The lowest BCUT2D eigenvalue weighted by atomic mass is 10.1. The van der Waals surface area contributed by atoms with Crippen molar-refractivity contribution in [3.63, 3.8) is 0 Å². The number of hydrogen-bond donors (Lipinski definition) is 1. The van der Waals surface area contributed by atoms with Gasteiger partial charge in [-0.3, -0.25) is 13.9 Å². The van der Waals surface area contributed by atoms with Gasteiger partial charge in [-0.2, -0.15) is 0 Å². The summed E-state index contributed by atoms with van der Waals surface area (Å²) in [6.07, 6.45) is 2.75. The van der Waals surface area contributed by atoms with E-state index >= 15 is 0 Å². The zero-order valence-electron chi connectivity index (χ0n) is 20.3. The molecule has 2 aromatic rings. The fraction of sp³-hybridized carbons (Fsp3) is 0.417. The molecule has 0 fully saturated rings. The van der Waals surface area contributed by atoms with Gasteiger partial charge in [0, 0.05) is 17.6 Å². The molecule has 35 heavy (non-hydrogen) atoms. The Bertz CT molecular complexity index is 1150. The number of carbonyl (C=O) groups is 2. The molecule has 11 heteroatoms. The molecule has 0 spiro atoms. The molecule has 0 radical (unpaired) electrons. The van der Waals surface area contributed by atoms with Gasteiger partial charge >= 0.3 is 0 Å². The Morgan fingerprint density at radius 2 is 1.91 bits per heavy atom. The maximum absolute atomic E-state index is 13.5. The molecule has 0 aliphatic carbocycles. The number of benzene rings is 2. The Morgan fingerprint density at radius 1 is 1.20 bits per heavy atom. The highest BCUT2D eigenvalue weighted by molar-refractivity contribution is 9.10. The maximum Gasteiger partial charge on any atom is 0.244 e. The van der Waals surface area contributed by atoms with Crippen molar-refractivity contribution in [2.24, 2.45) is 0 Å². The van der Waals surface area contributed by atoms with Crippen LogP contribution in [0.1, 0.15) is 32.3 Å². The van der Waals surface area contributed by atoms with Crippen molar-refractivity contribution >= 4 is 55.1 Å². The first-order valence-electron chi connectivity index (χ1n) is 11.1. The second kappa shape index (κ2) is 13.1. The standard InChI is InChI=1S/C24H31BrClN3O5S/c1-5-6-12-27-24(31)17(2)28(15-18-8-7-9-19(25)13-18)23(30)16-29(35(4,32)33)20-10-11-22(34-3)21(26)14-20/h7-11,13-14,17H,5-6,12,15-16H2,1-4H3,(H,27,31). The number of anilines is 1. The van der Waals surface area contributed by atoms with Crippen molar-refractivity contribution in [2.45, 2.75) is 39.3 Å². The van der Waals surface area contributed by atoms with E-state index < -0.39 is 28.5 Å². The molecule has 1 atom stereocenters. The van der Waals surface area contributed by atoms with Crippen LogP contribution in [0.4, 0.5) is 5.69 Å². The van der Waals surface area contributed by atoms with Crippen LogP contribution in [0.25, 0.3) is 0 Å². The Balaban J connectivity index is 2.38. The molecule has 0 aliphatic heterocycles. The molecule has 2 amide bonds. The monoisotopic (exact) mass is 587 g/mol. The number of methoxy groups -OCH3 is 1. The Morgan fingerprint density at radius 3 is 2.49 bits per heavy atom. The van der Waals surface area contributed by atoms with Crippen molar-refractivity contribution in [1.82, 2.24) is 10.2 Å². The van der Waals surface area contributed by atoms with Gasteiger partial charge in [0.1, 0.15) is 18.3 Å². The molecular formula is C24H31BrClN3O5S. The van der Waals surface area contributed by atoms with E-state index in [0.717, 1.165) is 33.4 Å². The van der Waals surface area contributed by atoms with Crippen LogP contribution in [0.5, 0.6) is 5.75 Å². The average Bonchev–Trinajstić information content (AvgIpc) is 2.79. The lowest BCUT2D eigenvalue weighted by molar-refractivity contribution is -0.139. The summed E-state index contributed by atoms with van der Waals surface area (Å²) in [6.45, 7) is 3.78. The average molecular weight is 589 g/mol. The molecule has 1 unspecified atom stereocenters. The molecular weight excluding hydrogens is 558 g/mol. The van der Waals surface area contributed by atoms with Crippen LogP contribution in [0.3, 0.4) is 0 Å². The third-order valence-electron chi connectivity index (χ3n) is 5.34. The highest BCUT2D eigenvalue weighted by atomic mass is 79.9. The first-order chi connectivity index (χ1) is 16.5. The predicted octanol–water partition coefficient (Wildman–Crippen LogP) is 4.21. The number of sulfonamides is 1. The molecule has 8 nitrogen and oxygen atoms in total. The van der Waals surface area contributed by atoms with Gasteiger partial charge in [-0.1, -0.05) is 53.0 Å². The van der Waals surface area contributed by atoms with Crippen molar-refractivity contribution < 1.29 is 22.7 Å². The van der Waals surface area contributed by atoms with Crippen LogP contribution >= 0.6 is 27.5 Å². The minimum Gasteiger partial charge on any atom is -0.495 e. The van der Waals surface area contributed by atoms with Crippen LogP contribution in [-0.2, 0) is 26.2 Å². The van der Waals surface area contributed by atoms with Crippen molar-refractivity contribution in [3.05, 3.63) is 57.5 Å². The van der Waals surface area contributed by atoms with Gasteiger partial charge in [-0.15, -0.1) is 0 Å². The third-order valence-corrected chi connectivity index (χ3v) is 7.27. The number of halogens is 2. The molecule has 2 aromatic carbocycles. The lowest BCUT2D eigenvalue weighted by Gasteiger charge is -2.31. The lowest BCUT2D eigenvalue weighted by Crippen LogP contribution is -2.51. The van der Waals surface area contributed by atoms with E-state index in [9.17, 15) is 18.0 Å². The second-order valence-corrected chi connectivity index (χ2v) is 11.3. The summed E-state index contributed by atoms with van der Waals surface area (Å²) in [5.74, 6) is -0.454. The highest BCUT2D eigenvalue weighted by Crippen LogP contribution is 2.30. The van der Waals surface area contributed by atoms with E-state index in [2.05, 4.69) is 21.2 Å². The molecule has 1 N–H and O–H groups in total. The molecule has 0 aliphatic rings. The Labute approximate surface area is 220 Å². The molecule has 0 saturated carbocycles. The minimum atomic E-state index is -3.85. The number of unbranched alkanes of at least 4 members (excludes halogenated alkanes) is 1. The second-order valence-electron chi connectivity index (χ2n) is 8.06. The molecule has 0 heterocycles. The van der Waals surface area contributed by atoms with E-state index in [0.29, 0.717) is 12.3 Å². The molecule has 0 bridgehead atoms. The third kappa shape index (κ3) is 8.40. The topological polar surface area (TPSA) is 96.0 Å². The van der Waals surface area contributed by atoms with Crippen molar-refractivity contribution in [2.75, 3.05) is 30.8 Å². The van der Waals surface area contributed by atoms with Gasteiger partial charge in [-0.25, -0.2) is 8.42 Å². The number of nitrogens with zero attached hydrogens (tertiary/aromatic N) is 2. The van der Waals surface area contributed by atoms with E-state index in [1.807, 2.05) is 31.2 Å². The van der Waals surface area contributed by atoms with Crippen LogP contribution in [0.15, 0.2) is 46.9 Å². The number of amides is 2. The largest absolute Gasteiger partial charge is 0.495 e. The normalized spacial score (nSPS) is 12.1. The first-order valence-corrected chi connectivity index (χ1v) is 14.1. The molecule has 0 saturated heterocycles. The Kier molecular flexibility index (Phi) is 10.9. The zero-order chi connectivity index (χ0) is 26.2. The number of rotatable bonds is 12. The van der Waals surface area contributed by atoms with Gasteiger partial charge in [-0.05, 0) is 49.2 Å².